The third kappa shape index (κ3) is 4.24. The third-order valence-electron chi connectivity index (χ3n) is 4.56. The molecule has 0 amide bonds. The SMILES string of the molecule is COC(=O)C1CCOC(c2cccc(OC[C@H]3CCOC3)c2)C1. The quantitative estimate of drug-likeness (QED) is 0.781. The molecular formula is C18H24O5. The summed E-state index contributed by atoms with van der Waals surface area (Å²) in [5.41, 5.74) is 1.05. The molecule has 2 saturated heterocycles. The van der Waals surface area contributed by atoms with E-state index in [1.54, 1.807) is 0 Å². The van der Waals surface area contributed by atoms with Crippen molar-refractivity contribution in [2.75, 3.05) is 33.5 Å². The minimum Gasteiger partial charge on any atom is -0.493 e. The molecule has 0 aromatic heterocycles. The number of carbonyl (C=O) groups is 1. The average Bonchev–Trinajstić information content (AvgIpc) is 3.13. The molecule has 0 N–H and O–H groups in total. The van der Waals surface area contributed by atoms with Crippen LogP contribution >= 0.6 is 0 Å². The zero-order valence-electron chi connectivity index (χ0n) is 13.5. The molecule has 1 aromatic carbocycles. The zero-order chi connectivity index (χ0) is 16.1. The average molecular weight is 320 g/mol. The van der Waals surface area contributed by atoms with Crippen LogP contribution in [0, 0.1) is 11.8 Å². The number of hydrogen-bond acceptors (Lipinski definition) is 5. The maximum absolute atomic E-state index is 11.7. The topological polar surface area (TPSA) is 54.0 Å². The molecular weight excluding hydrogens is 296 g/mol. The van der Waals surface area contributed by atoms with Crippen LogP contribution in [-0.4, -0.2) is 39.5 Å². The van der Waals surface area contributed by atoms with Crippen LogP contribution in [0.5, 0.6) is 5.75 Å². The number of benzene rings is 1. The first-order chi connectivity index (χ1) is 11.3. The molecule has 2 heterocycles. The minimum atomic E-state index is -0.146. The Kier molecular flexibility index (Phi) is 5.51. The number of esters is 1. The van der Waals surface area contributed by atoms with Crippen molar-refractivity contribution in [3.63, 3.8) is 0 Å². The van der Waals surface area contributed by atoms with Gasteiger partial charge in [0.25, 0.3) is 0 Å². The van der Waals surface area contributed by atoms with Crippen LogP contribution in [0.3, 0.4) is 0 Å². The van der Waals surface area contributed by atoms with Crippen molar-refractivity contribution < 1.29 is 23.7 Å². The minimum absolute atomic E-state index is 0.0776. The van der Waals surface area contributed by atoms with Crippen LogP contribution in [0.25, 0.3) is 0 Å². The largest absolute Gasteiger partial charge is 0.493 e. The van der Waals surface area contributed by atoms with Crippen LogP contribution in [0.1, 0.15) is 30.9 Å². The van der Waals surface area contributed by atoms with Crippen molar-refractivity contribution in [3.8, 4) is 5.75 Å². The summed E-state index contributed by atoms with van der Waals surface area (Å²) in [4.78, 5) is 11.7. The molecule has 5 nitrogen and oxygen atoms in total. The predicted molar refractivity (Wildman–Crippen MR) is 84.3 cm³/mol. The van der Waals surface area contributed by atoms with Gasteiger partial charge in [0.15, 0.2) is 0 Å². The Morgan fingerprint density at radius 2 is 2.22 bits per heavy atom. The molecule has 3 rings (SSSR count). The molecule has 3 atom stereocenters. The summed E-state index contributed by atoms with van der Waals surface area (Å²) in [5.74, 6) is 1.09. The lowest BCUT2D eigenvalue weighted by molar-refractivity contribution is -0.150. The van der Waals surface area contributed by atoms with Crippen molar-refractivity contribution >= 4 is 5.97 Å². The van der Waals surface area contributed by atoms with Crippen molar-refractivity contribution in [3.05, 3.63) is 29.8 Å². The molecule has 0 radical (unpaired) electrons. The summed E-state index contributed by atoms with van der Waals surface area (Å²) in [6, 6.07) is 7.97. The smallest absolute Gasteiger partial charge is 0.308 e. The number of ether oxygens (including phenoxy) is 4. The lowest BCUT2D eigenvalue weighted by Crippen LogP contribution is -2.26. The lowest BCUT2D eigenvalue weighted by Gasteiger charge is -2.28. The first-order valence-corrected chi connectivity index (χ1v) is 8.26. The monoisotopic (exact) mass is 320 g/mol. The molecule has 2 aliphatic rings. The van der Waals surface area contributed by atoms with Crippen molar-refractivity contribution in [2.24, 2.45) is 11.8 Å². The van der Waals surface area contributed by atoms with E-state index in [9.17, 15) is 4.79 Å². The molecule has 0 saturated carbocycles. The van der Waals surface area contributed by atoms with E-state index in [0.29, 0.717) is 25.6 Å². The number of rotatable bonds is 5. The van der Waals surface area contributed by atoms with E-state index in [1.807, 2.05) is 24.3 Å². The van der Waals surface area contributed by atoms with E-state index in [1.165, 1.54) is 7.11 Å². The van der Waals surface area contributed by atoms with Gasteiger partial charge in [-0.1, -0.05) is 12.1 Å². The summed E-state index contributed by atoms with van der Waals surface area (Å²) in [6.07, 6.45) is 2.37. The molecule has 0 bridgehead atoms. The van der Waals surface area contributed by atoms with Crippen LogP contribution < -0.4 is 4.74 Å². The van der Waals surface area contributed by atoms with Crippen molar-refractivity contribution in [2.45, 2.75) is 25.4 Å². The fourth-order valence-corrected chi connectivity index (χ4v) is 3.14. The Bertz CT molecular complexity index is 524. The molecule has 0 aliphatic carbocycles. The van der Waals surface area contributed by atoms with Gasteiger partial charge < -0.3 is 18.9 Å². The van der Waals surface area contributed by atoms with Crippen molar-refractivity contribution in [1.29, 1.82) is 0 Å². The Balaban J connectivity index is 1.60. The van der Waals surface area contributed by atoms with Gasteiger partial charge >= 0.3 is 5.97 Å². The highest BCUT2D eigenvalue weighted by molar-refractivity contribution is 5.72. The Labute approximate surface area is 136 Å². The molecule has 1 aromatic rings. The molecule has 5 heteroatoms. The lowest BCUT2D eigenvalue weighted by atomic mass is 9.92. The van der Waals surface area contributed by atoms with Gasteiger partial charge in [0.1, 0.15) is 5.75 Å². The number of hydrogen-bond donors (Lipinski definition) is 0. The van der Waals surface area contributed by atoms with E-state index in [4.69, 9.17) is 18.9 Å². The van der Waals surface area contributed by atoms with Crippen LogP contribution in [-0.2, 0) is 19.0 Å². The van der Waals surface area contributed by atoms with Gasteiger partial charge in [-0.05, 0) is 37.0 Å². The van der Waals surface area contributed by atoms with E-state index in [0.717, 1.165) is 37.4 Å². The Morgan fingerprint density at radius 1 is 1.30 bits per heavy atom. The maximum Gasteiger partial charge on any atom is 0.308 e. The van der Waals surface area contributed by atoms with E-state index < -0.39 is 0 Å². The predicted octanol–water partition coefficient (Wildman–Crippen LogP) is 2.74. The molecule has 126 valence electrons. The molecule has 23 heavy (non-hydrogen) atoms. The molecule has 2 aliphatic heterocycles. The van der Waals surface area contributed by atoms with Gasteiger partial charge in [-0.2, -0.15) is 0 Å². The summed E-state index contributed by atoms with van der Waals surface area (Å²) >= 11 is 0. The molecule has 0 spiro atoms. The van der Waals surface area contributed by atoms with Gasteiger partial charge in [0, 0.05) is 19.1 Å². The van der Waals surface area contributed by atoms with Gasteiger partial charge in [0.05, 0.1) is 32.3 Å². The highest BCUT2D eigenvalue weighted by Gasteiger charge is 2.29. The highest BCUT2D eigenvalue weighted by Crippen LogP contribution is 2.33. The van der Waals surface area contributed by atoms with Gasteiger partial charge in [-0.25, -0.2) is 0 Å². The summed E-state index contributed by atoms with van der Waals surface area (Å²) in [5, 5.41) is 0. The fraction of sp³-hybridized carbons (Fsp3) is 0.611. The second kappa shape index (κ2) is 7.79. The van der Waals surface area contributed by atoms with Crippen molar-refractivity contribution in [1.82, 2.24) is 0 Å². The van der Waals surface area contributed by atoms with Crippen LogP contribution in [0.4, 0.5) is 0 Å². The first-order valence-electron chi connectivity index (χ1n) is 8.26. The normalized spacial score (nSPS) is 27.6. The summed E-state index contributed by atoms with van der Waals surface area (Å²) in [7, 11) is 1.44. The van der Waals surface area contributed by atoms with Gasteiger partial charge in [-0.15, -0.1) is 0 Å². The second-order valence-corrected chi connectivity index (χ2v) is 6.22. The van der Waals surface area contributed by atoms with Gasteiger partial charge in [-0.3, -0.25) is 4.79 Å². The highest BCUT2D eigenvalue weighted by atomic mass is 16.5. The Hall–Kier alpha value is -1.59. The number of methoxy groups -OCH3 is 1. The molecule has 2 unspecified atom stereocenters. The van der Waals surface area contributed by atoms with E-state index >= 15 is 0 Å². The number of carbonyl (C=O) groups excluding carboxylic acids is 1. The van der Waals surface area contributed by atoms with Gasteiger partial charge in [0.2, 0.25) is 0 Å². The third-order valence-corrected chi connectivity index (χ3v) is 4.56. The van der Waals surface area contributed by atoms with E-state index in [2.05, 4.69) is 0 Å². The standard InChI is InChI=1S/C18H24O5/c1-20-18(19)15-6-8-22-17(10-15)14-3-2-4-16(9-14)23-12-13-5-7-21-11-13/h2-4,9,13,15,17H,5-8,10-12H2,1H3/t13-,15?,17?/m0/s1. The summed E-state index contributed by atoms with van der Waals surface area (Å²) in [6.45, 7) is 2.87. The zero-order valence-corrected chi connectivity index (χ0v) is 13.5. The van der Waals surface area contributed by atoms with Crippen LogP contribution in [0.2, 0.25) is 0 Å². The van der Waals surface area contributed by atoms with Crippen LogP contribution in [0.15, 0.2) is 24.3 Å². The first kappa shape index (κ1) is 16.3. The fourth-order valence-electron chi connectivity index (χ4n) is 3.14. The maximum atomic E-state index is 11.7. The van der Waals surface area contributed by atoms with E-state index in [-0.39, 0.29) is 18.0 Å². The summed E-state index contributed by atoms with van der Waals surface area (Å²) < 4.78 is 22.0. The Morgan fingerprint density at radius 3 is 3.00 bits per heavy atom. The second-order valence-electron chi connectivity index (χ2n) is 6.22. The molecule has 2 fully saturated rings.